The number of hydrogen-bond donors (Lipinski definition) is 1. The summed E-state index contributed by atoms with van der Waals surface area (Å²) >= 11 is 5.94. The molecule has 1 unspecified atom stereocenters. The molecule has 0 aliphatic heterocycles. The van der Waals surface area contributed by atoms with Crippen LogP contribution in [0.5, 0.6) is 0 Å². The van der Waals surface area contributed by atoms with E-state index in [4.69, 9.17) is 11.6 Å². The lowest BCUT2D eigenvalue weighted by molar-refractivity contribution is 0.538. The second-order valence-corrected chi connectivity index (χ2v) is 5.00. The average molecular weight is 254 g/mol. The summed E-state index contributed by atoms with van der Waals surface area (Å²) in [5.41, 5.74) is 0. The van der Waals surface area contributed by atoms with Gasteiger partial charge >= 0.3 is 0 Å². The third-order valence-corrected chi connectivity index (χ3v) is 2.63. The predicted octanol–water partition coefficient (Wildman–Crippen LogP) is 2.62. The van der Waals surface area contributed by atoms with E-state index in [0.717, 1.165) is 12.2 Å². The first-order valence-electron chi connectivity index (χ1n) is 5.69. The molecule has 5 nitrogen and oxygen atoms in total. The molecule has 1 N–H and O–H groups in total. The fraction of sp³-hybridized carbons (Fsp3) is 0.545. The van der Waals surface area contributed by atoms with Crippen molar-refractivity contribution in [2.75, 3.05) is 5.32 Å². The summed E-state index contributed by atoms with van der Waals surface area (Å²) in [6.45, 7) is 6.53. The zero-order valence-corrected chi connectivity index (χ0v) is 10.9. The molecule has 0 bridgehead atoms. The van der Waals surface area contributed by atoms with Crippen LogP contribution < -0.4 is 5.32 Å². The molecule has 2 aromatic heterocycles. The van der Waals surface area contributed by atoms with E-state index in [1.807, 2.05) is 0 Å². The number of anilines is 1. The third-order valence-electron chi connectivity index (χ3n) is 2.44. The van der Waals surface area contributed by atoms with Gasteiger partial charge in [-0.1, -0.05) is 25.4 Å². The van der Waals surface area contributed by atoms with Crippen molar-refractivity contribution in [2.24, 2.45) is 5.92 Å². The highest BCUT2D eigenvalue weighted by Crippen LogP contribution is 2.17. The summed E-state index contributed by atoms with van der Waals surface area (Å²) in [5.74, 6) is 1.98. The maximum Gasteiger partial charge on any atom is 0.255 e. The molecule has 0 aliphatic carbocycles. The fourth-order valence-electron chi connectivity index (χ4n) is 1.90. The highest BCUT2D eigenvalue weighted by atomic mass is 35.5. The molecule has 0 aliphatic rings. The Balaban J connectivity index is 2.25. The maximum absolute atomic E-state index is 5.94. The summed E-state index contributed by atoms with van der Waals surface area (Å²) < 4.78 is 1.66. The Labute approximate surface area is 105 Å². The van der Waals surface area contributed by atoms with Crippen LogP contribution in [0, 0.1) is 5.92 Å². The van der Waals surface area contributed by atoms with Crippen LogP contribution in [-0.4, -0.2) is 25.6 Å². The van der Waals surface area contributed by atoms with Crippen LogP contribution in [0.1, 0.15) is 27.2 Å². The number of nitrogens with zero attached hydrogens (tertiary/aromatic N) is 4. The van der Waals surface area contributed by atoms with Crippen molar-refractivity contribution in [3.63, 3.8) is 0 Å². The molecule has 2 rings (SSSR count). The Morgan fingerprint density at radius 1 is 1.41 bits per heavy atom. The predicted molar refractivity (Wildman–Crippen MR) is 68.3 cm³/mol. The molecular formula is C11H16ClN5. The van der Waals surface area contributed by atoms with Crippen LogP contribution in [0.25, 0.3) is 5.78 Å². The van der Waals surface area contributed by atoms with E-state index in [-0.39, 0.29) is 0 Å². The number of rotatable bonds is 4. The number of halogens is 1. The van der Waals surface area contributed by atoms with Gasteiger partial charge in [0, 0.05) is 12.1 Å². The van der Waals surface area contributed by atoms with Crippen molar-refractivity contribution in [3.8, 4) is 0 Å². The molecule has 1 atom stereocenters. The lowest BCUT2D eigenvalue weighted by Crippen LogP contribution is -2.19. The van der Waals surface area contributed by atoms with Crippen molar-refractivity contribution < 1.29 is 0 Å². The Morgan fingerprint density at radius 3 is 2.88 bits per heavy atom. The van der Waals surface area contributed by atoms with Gasteiger partial charge in [0.2, 0.25) is 0 Å². The SMILES string of the molecule is CC(C)CC(C)Nc1cc(Cl)nc2ncnn12. The van der Waals surface area contributed by atoms with Gasteiger partial charge in [-0.25, -0.2) is 0 Å². The van der Waals surface area contributed by atoms with E-state index in [0.29, 0.717) is 22.9 Å². The van der Waals surface area contributed by atoms with Gasteiger partial charge in [0.05, 0.1) is 0 Å². The van der Waals surface area contributed by atoms with E-state index >= 15 is 0 Å². The second-order valence-electron chi connectivity index (χ2n) is 4.61. The standard InChI is InChI=1S/C11H16ClN5/c1-7(2)4-8(3)15-10-5-9(12)16-11-13-6-14-17(10)11/h5-8,15H,4H2,1-3H3. The molecule has 6 heteroatoms. The summed E-state index contributed by atoms with van der Waals surface area (Å²) in [6, 6.07) is 2.11. The van der Waals surface area contributed by atoms with Crippen molar-refractivity contribution in [2.45, 2.75) is 33.2 Å². The van der Waals surface area contributed by atoms with E-state index in [1.54, 1.807) is 10.6 Å². The molecule has 0 radical (unpaired) electrons. The van der Waals surface area contributed by atoms with Crippen LogP contribution in [0.2, 0.25) is 5.15 Å². The topological polar surface area (TPSA) is 55.1 Å². The van der Waals surface area contributed by atoms with Gasteiger partial charge in [0.15, 0.2) is 0 Å². The summed E-state index contributed by atoms with van der Waals surface area (Å²) in [4.78, 5) is 8.10. The number of fused-ring (bicyclic) bond motifs is 1. The van der Waals surface area contributed by atoms with Gasteiger partial charge in [0.25, 0.3) is 5.78 Å². The van der Waals surface area contributed by atoms with Gasteiger partial charge in [0.1, 0.15) is 17.3 Å². The molecule has 0 saturated carbocycles. The van der Waals surface area contributed by atoms with Crippen LogP contribution in [0.3, 0.4) is 0 Å². The molecule has 0 amide bonds. The summed E-state index contributed by atoms with van der Waals surface area (Å²) in [5, 5.41) is 7.91. The molecule has 0 aromatic carbocycles. The first kappa shape index (κ1) is 12.1. The molecular weight excluding hydrogens is 238 g/mol. The maximum atomic E-state index is 5.94. The second kappa shape index (κ2) is 4.87. The lowest BCUT2D eigenvalue weighted by atomic mass is 10.1. The quantitative estimate of drug-likeness (QED) is 0.851. The van der Waals surface area contributed by atoms with Crippen LogP contribution in [0.15, 0.2) is 12.4 Å². The minimum absolute atomic E-state index is 0.348. The Hall–Kier alpha value is -1.36. The van der Waals surface area contributed by atoms with E-state index in [2.05, 4.69) is 41.2 Å². The first-order valence-corrected chi connectivity index (χ1v) is 6.07. The molecule has 92 valence electrons. The lowest BCUT2D eigenvalue weighted by Gasteiger charge is -2.17. The molecule has 0 saturated heterocycles. The summed E-state index contributed by atoms with van der Waals surface area (Å²) in [6.07, 6.45) is 2.55. The van der Waals surface area contributed by atoms with Crippen molar-refractivity contribution in [3.05, 3.63) is 17.5 Å². The Kier molecular flexibility index (Phi) is 3.47. The Bertz CT molecular complexity index is 508. The zero-order chi connectivity index (χ0) is 12.4. The normalized spacial score (nSPS) is 13.2. The largest absolute Gasteiger partial charge is 0.367 e. The minimum atomic E-state index is 0.348. The van der Waals surface area contributed by atoms with Gasteiger partial charge < -0.3 is 5.32 Å². The average Bonchev–Trinajstić information content (AvgIpc) is 2.63. The molecule has 17 heavy (non-hydrogen) atoms. The van der Waals surface area contributed by atoms with Gasteiger partial charge in [-0.15, -0.1) is 0 Å². The van der Waals surface area contributed by atoms with Crippen LogP contribution in [0.4, 0.5) is 5.82 Å². The van der Waals surface area contributed by atoms with Gasteiger partial charge in [-0.2, -0.15) is 19.6 Å². The smallest absolute Gasteiger partial charge is 0.255 e. The van der Waals surface area contributed by atoms with Gasteiger partial charge in [-0.3, -0.25) is 0 Å². The van der Waals surface area contributed by atoms with Crippen molar-refractivity contribution in [1.29, 1.82) is 0 Å². The van der Waals surface area contributed by atoms with E-state index in [9.17, 15) is 0 Å². The Morgan fingerprint density at radius 2 is 2.18 bits per heavy atom. The van der Waals surface area contributed by atoms with E-state index in [1.165, 1.54) is 6.33 Å². The highest BCUT2D eigenvalue weighted by molar-refractivity contribution is 6.29. The van der Waals surface area contributed by atoms with Crippen LogP contribution >= 0.6 is 11.6 Å². The number of aromatic nitrogens is 4. The molecule has 0 spiro atoms. The monoisotopic (exact) mass is 253 g/mol. The summed E-state index contributed by atoms with van der Waals surface area (Å²) in [7, 11) is 0. The molecule has 2 heterocycles. The van der Waals surface area contributed by atoms with Crippen molar-refractivity contribution >= 4 is 23.2 Å². The molecule has 2 aromatic rings. The number of nitrogens with one attached hydrogen (secondary N) is 1. The first-order chi connectivity index (χ1) is 8.06. The van der Waals surface area contributed by atoms with Crippen LogP contribution in [-0.2, 0) is 0 Å². The highest BCUT2D eigenvalue weighted by Gasteiger charge is 2.10. The minimum Gasteiger partial charge on any atom is -0.367 e. The fourth-order valence-corrected chi connectivity index (χ4v) is 2.08. The zero-order valence-electron chi connectivity index (χ0n) is 10.2. The number of hydrogen-bond acceptors (Lipinski definition) is 4. The van der Waals surface area contributed by atoms with Crippen molar-refractivity contribution in [1.82, 2.24) is 19.6 Å². The molecule has 0 fully saturated rings. The third kappa shape index (κ3) is 2.85. The van der Waals surface area contributed by atoms with E-state index < -0.39 is 0 Å². The van der Waals surface area contributed by atoms with Gasteiger partial charge in [-0.05, 0) is 19.3 Å².